The molecule has 0 radical (unpaired) electrons. The zero-order valence-corrected chi connectivity index (χ0v) is 13.2. The van der Waals surface area contributed by atoms with Crippen LogP contribution in [0.3, 0.4) is 0 Å². The van der Waals surface area contributed by atoms with E-state index in [0.717, 1.165) is 0 Å². The fourth-order valence-electron chi connectivity index (χ4n) is 1.73. The summed E-state index contributed by atoms with van der Waals surface area (Å²) in [6.07, 6.45) is -0.479. The number of ether oxygens (including phenoxy) is 2. The molecule has 0 aliphatic heterocycles. The van der Waals surface area contributed by atoms with Crippen molar-refractivity contribution in [2.24, 2.45) is 5.73 Å². The highest BCUT2D eigenvalue weighted by molar-refractivity contribution is 5.87. The van der Waals surface area contributed by atoms with E-state index in [-0.39, 0.29) is 6.42 Å². The van der Waals surface area contributed by atoms with Gasteiger partial charge in [0.05, 0.1) is 12.8 Å². The number of nitrogens with two attached hydrogens (primary N) is 1. The van der Waals surface area contributed by atoms with Crippen LogP contribution in [0, 0.1) is 0 Å². The van der Waals surface area contributed by atoms with Gasteiger partial charge in [-0.05, 0) is 44.9 Å². The van der Waals surface area contributed by atoms with E-state index in [2.05, 4.69) is 5.32 Å². The highest BCUT2D eigenvalue weighted by atomic mass is 16.6. The van der Waals surface area contributed by atoms with Gasteiger partial charge >= 0.3 is 12.1 Å². The largest absolute Gasteiger partial charge is 0.495 e. The summed E-state index contributed by atoms with van der Waals surface area (Å²) in [4.78, 5) is 22.6. The molecule has 0 heterocycles. The van der Waals surface area contributed by atoms with Crippen LogP contribution in [0.2, 0.25) is 0 Å². The zero-order valence-electron chi connectivity index (χ0n) is 13.2. The van der Waals surface area contributed by atoms with E-state index in [1.54, 1.807) is 39.0 Å². The van der Waals surface area contributed by atoms with Crippen LogP contribution in [0.4, 0.5) is 10.5 Å². The van der Waals surface area contributed by atoms with Gasteiger partial charge in [-0.1, -0.05) is 6.07 Å². The minimum Gasteiger partial charge on any atom is -0.495 e. The molecule has 0 bridgehead atoms. The van der Waals surface area contributed by atoms with Crippen LogP contribution in [0.25, 0.3) is 0 Å². The van der Waals surface area contributed by atoms with Gasteiger partial charge in [0, 0.05) is 0 Å². The molecule has 0 saturated carbocycles. The summed E-state index contributed by atoms with van der Waals surface area (Å²) in [6, 6.07) is 3.94. The lowest BCUT2D eigenvalue weighted by Gasteiger charge is -2.20. The number of carboxylic acids is 1. The fraction of sp³-hybridized carbons (Fsp3) is 0.467. The molecule has 7 heteroatoms. The number of amides is 1. The van der Waals surface area contributed by atoms with Crippen molar-refractivity contribution in [3.05, 3.63) is 23.8 Å². The van der Waals surface area contributed by atoms with E-state index in [1.165, 1.54) is 7.11 Å². The molecule has 1 atom stereocenters. The van der Waals surface area contributed by atoms with Gasteiger partial charge in [-0.2, -0.15) is 0 Å². The molecule has 122 valence electrons. The number of carbonyl (C=O) groups excluding carboxylic acids is 1. The Morgan fingerprint density at radius 1 is 1.36 bits per heavy atom. The van der Waals surface area contributed by atoms with E-state index in [0.29, 0.717) is 17.0 Å². The number of hydrogen-bond acceptors (Lipinski definition) is 5. The molecule has 0 aromatic heterocycles. The van der Waals surface area contributed by atoms with Gasteiger partial charge in [-0.3, -0.25) is 10.1 Å². The van der Waals surface area contributed by atoms with E-state index < -0.39 is 23.7 Å². The number of rotatable bonds is 5. The second-order valence-electron chi connectivity index (χ2n) is 5.81. The second kappa shape index (κ2) is 7.13. The van der Waals surface area contributed by atoms with Gasteiger partial charge in [0.1, 0.15) is 17.4 Å². The predicted molar refractivity (Wildman–Crippen MR) is 82.2 cm³/mol. The Morgan fingerprint density at radius 2 is 2.00 bits per heavy atom. The fourth-order valence-corrected chi connectivity index (χ4v) is 1.73. The normalized spacial score (nSPS) is 12.4. The summed E-state index contributed by atoms with van der Waals surface area (Å²) in [5.41, 5.74) is 5.95. The van der Waals surface area contributed by atoms with E-state index >= 15 is 0 Å². The zero-order chi connectivity index (χ0) is 16.9. The molecule has 0 unspecified atom stereocenters. The maximum atomic E-state index is 11.8. The van der Waals surface area contributed by atoms with Crippen molar-refractivity contribution < 1.29 is 24.2 Å². The SMILES string of the molecule is COc1ccc(C[C@H](N)C(=O)O)cc1NC(=O)OC(C)(C)C. The van der Waals surface area contributed by atoms with Crippen LogP contribution >= 0.6 is 0 Å². The second-order valence-corrected chi connectivity index (χ2v) is 5.81. The summed E-state index contributed by atoms with van der Waals surface area (Å²) >= 11 is 0. The van der Waals surface area contributed by atoms with Crippen LogP contribution in [0.5, 0.6) is 5.75 Å². The molecule has 1 aromatic rings. The average molecular weight is 310 g/mol. The minimum atomic E-state index is -1.09. The Hall–Kier alpha value is -2.28. The average Bonchev–Trinajstić information content (AvgIpc) is 2.36. The third-order valence-electron chi connectivity index (χ3n) is 2.67. The van der Waals surface area contributed by atoms with E-state index in [1.807, 2.05) is 0 Å². The number of hydrogen-bond donors (Lipinski definition) is 3. The molecular formula is C15H22N2O5. The van der Waals surface area contributed by atoms with Crippen molar-refractivity contribution >= 4 is 17.7 Å². The van der Waals surface area contributed by atoms with Gasteiger partial charge in [0.15, 0.2) is 0 Å². The van der Waals surface area contributed by atoms with E-state index in [4.69, 9.17) is 20.3 Å². The Kier molecular flexibility index (Phi) is 5.76. The Labute approximate surface area is 129 Å². The first-order valence-corrected chi connectivity index (χ1v) is 6.77. The van der Waals surface area contributed by atoms with Crippen molar-refractivity contribution in [1.29, 1.82) is 0 Å². The molecule has 0 aliphatic rings. The smallest absolute Gasteiger partial charge is 0.412 e. The van der Waals surface area contributed by atoms with Crippen LogP contribution in [0.15, 0.2) is 18.2 Å². The van der Waals surface area contributed by atoms with Gasteiger partial charge in [-0.15, -0.1) is 0 Å². The Morgan fingerprint density at radius 3 is 2.50 bits per heavy atom. The van der Waals surface area contributed by atoms with Crippen molar-refractivity contribution in [3.63, 3.8) is 0 Å². The summed E-state index contributed by atoms with van der Waals surface area (Å²) < 4.78 is 10.3. The standard InChI is InChI=1S/C15H22N2O5/c1-15(2,3)22-14(20)17-11-8-9(5-6-12(11)21-4)7-10(16)13(18)19/h5-6,8,10H,7,16H2,1-4H3,(H,17,20)(H,18,19)/t10-/m0/s1. The van der Waals surface area contributed by atoms with Crippen molar-refractivity contribution in [2.75, 3.05) is 12.4 Å². The summed E-state index contributed by atoms with van der Waals surface area (Å²) in [6.45, 7) is 5.27. The lowest BCUT2D eigenvalue weighted by atomic mass is 10.1. The molecular weight excluding hydrogens is 288 g/mol. The molecule has 0 spiro atoms. The third-order valence-corrected chi connectivity index (χ3v) is 2.67. The molecule has 22 heavy (non-hydrogen) atoms. The molecule has 0 saturated heterocycles. The first kappa shape index (κ1) is 17.8. The summed E-state index contributed by atoms with van der Waals surface area (Å²) in [7, 11) is 1.47. The van der Waals surface area contributed by atoms with E-state index in [9.17, 15) is 9.59 Å². The number of anilines is 1. The molecule has 4 N–H and O–H groups in total. The molecule has 0 aliphatic carbocycles. The summed E-state index contributed by atoms with van der Waals surface area (Å²) in [5.74, 6) is -0.643. The maximum absolute atomic E-state index is 11.8. The van der Waals surface area contributed by atoms with Crippen molar-refractivity contribution in [3.8, 4) is 5.75 Å². The lowest BCUT2D eigenvalue weighted by Crippen LogP contribution is -2.32. The van der Waals surface area contributed by atoms with Crippen molar-refractivity contribution in [1.82, 2.24) is 0 Å². The predicted octanol–water partition coefficient (Wildman–Crippen LogP) is 2.00. The Bertz CT molecular complexity index is 551. The quantitative estimate of drug-likeness (QED) is 0.767. The first-order chi connectivity index (χ1) is 10.1. The van der Waals surface area contributed by atoms with Gasteiger partial charge in [0.2, 0.25) is 0 Å². The van der Waals surface area contributed by atoms with Crippen LogP contribution in [-0.4, -0.2) is 35.9 Å². The topological polar surface area (TPSA) is 111 Å². The number of nitrogens with one attached hydrogen (secondary N) is 1. The van der Waals surface area contributed by atoms with Gasteiger partial charge < -0.3 is 20.3 Å². The van der Waals surface area contributed by atoms with Crippen LogP contribution in [0.1, 0.15) is 26.3 Å². The molecule has 7 nitrogen and oxygen atoms in total. The number of carboxylic acid groups (broad SMARTS) is 1. The van der Waals surface area contributed by atoms with Crippen molar-refractivity contribution in [2.45, 2.75) is 38.8 Å². The monoisotopic (exact) mass is 310 g/mol. The first-order valence-electron chi connectivity index (χ1n) is 6.77. The molecule has 1 rings (SSSR count). The lowest BCUT2D eigenvalue weighted by molar-refractivity contribution is -0.138. The molecule has 1 aromatic carbocycles. The highest BCUT2D eigenvalue weighted by Gasteiger charge is 2.18. The number of carbonyl (C=O) groups is 2. The van der Waals surface area contributed by atoms with Gasteiger partial charge in [0.25, 0.3) is 0 Å². The number of methoxy groups -OCH3 is 1. The Balaban J connectivity index is 2.92. The number of aliphatic carboxylic acids is 1. The third kappa shape index (κ3) is 5.61. The minimum absolute atomic E-state index is 0.141. The maximum Gasteiger partial charge on any atom is 0.412 e. The molecule has 0 fully saturated rings. The highest BCUT2D eigenvalue weighted by Crippen LogP contribution is 2.26. The summed E-state index contributed by atoms with van der Waals surface area (Å²) in [5, 5.41) is 11.4. The van der Waals surface area contributed by atoms with Gasteiger partial charge in [-0.25, -0.2) is 4.79 Å². The number of benzene rings is 1. The molecule has 1 amide bonds. The van der Waals surface area contributed by atoms with Crippen LogP contribution < -0.4 is 15.8 Å². The van der Waals surface area contributed by atoms with Crippen LogP contribution in [-0.2, 0) is 16.0 Å².